The number of sulfonamides is 1. The van der Waals surface area contributed by atoms with Crippen LogP contribution in [0.5, 0.6) is 5.75 Å². The maximum Gasteiger partial charge on any atom is 0.415 e. The van der Waals surface area contributed by atoms with Gasteiger partial charge < -0.3 is 14.6 Å². The summed E-state index contributed by atoms with van der Waals surface area (Å²) in [6, 6.07) is 24.4. The van der Waals surface area contributed by atoms with E-state index in [1.54, 1.807) is 18.2 Å². The minimum atomic E-state index is -4.10. The van der Waals surface area contributed by atoms with Crippen LogP contribution in [0.4, 0.5) is 14.9 Å². The fourth-order valence-electron chi connectivity index (χ4n) is 5.23. The summed E-state index contributed by atoms with van der Waals surface area (Å²) in [4.78, 5) is 28.1. The third kappa shape index (κ3) is 7.95. The van der Waals surface area contributed by atoms with Gasteiger partial charge in [-0.1, -0.05) is 48.5 Å². The number of ketones is 1. The second kappa shape index (κ2) is 14.3. The average molecular weight is 653 g/mol. The monoisotopic (exact) mass is 652 g/mol. The lowest BCUT2D eigenvalue weighted by Crippen LogP contribution is -2.42. The van der Waals surface area contributed by atoms with E-state index in [2.05, 4.69) is 0 Å². The zero-order chi connectivity index (χ0) is 32.0. The first-order chi connectivity index (χ1) is 21.6. The second-order valence-electron chi connectivity index (χ2n) is 10.7. The van der Waals surface area contributed by atoms with Crippen LogP contribution in [-0.2, 0) is 32.5 Å². The van der Waals surface area contributed by atoms with E-state index in [0.717, 1.165) is 10.4 Å². The fraction of sp³-hybridized carbons (Fsp3) is 0.273. The summed E-state index contributed by atoms with van der Waals surface area (Å²) < 4.78 is 53.4. The molecular weight excluding hydrogens is 620 g/mol. The number of aliphatic hydroxyl groups is 1. The molecule has 12 heteroatoms. The van der Waals surface area contributed by atoms with Crippen LogP contribution in [0.25, 0.3) is 0 Å². The number of methoxy groups -OCH3 is 1. The highest BCUT2D eigenvalue weighted by Gasteiger charge is 2.39. The molecule has 4 aromatic rings. The molecule has 9 nitrogen and oxygen atoms in total. The second-order valence-corrected chi connectivity index (χ2v) is 13.7. The van der Waals surface area contributed by atoms with Crippen molar-refractivity contribution in [3.05, 3.63) is 113 Å². The highest BCUT2D eigenvalue weighted by molar-refractivity contribution is 7.89. The number of halogens is 1. The Morgan fingerprint density at radius 2 is 1.87 bits per heavy atom. The molecule has 1 N–H and O–H groups in total. The van der Waals surface area contributed by atoms with E-state index in [-0.39, 0.29) is 43.1 Å². The molecule has 1 aliphatic heterocycles. The molecule has 1 aromatic heterocycles. The quantitative estimate of drug-likeness (QED) is 0.197. The molecule has 0 radical (unpaired) electrons. The summed E-state index contributed by atoms with van der Waals surface area (Å²) in [6.45, 7) is -0.380. The van der Waals surface area contributed by atoms with Gasteiger partial charge in [-0.2, -0.15) is 4.31 Å². The number of thiophene rings is 1. The minimum Gasteiger partial charge on any atom is -0.497 e. The Morgan fingerprint density at radius 3 is 2.58 bits per heavy atom. The van der Waals surface area contributed by atoms with Crippen molar-refractivity contribution < 1.29 is 37.0 Å². The van der Waals surface area contributed by atoms with Crippen LogP contribution in [0.1, 0.15) is 16.9 Å². The summed E-state index contributed by atoms with van der Waals surface area (Å²) in [7, 11) is -2.65. The highest BCUT2D eigenvalue weighted by Crippen LogP contribution is 2.28. The summed E-state index contributed by atoms with van der Waals surface area (Å²) in [5.74, 6) is -1.30. The van der Waals surface area contributed by atoms with Gasteiger partial charge in [-0.3, -0.25) is 9.69 Å². The van der Waals surface area contributed by atoms with Crippen LogP contribution in [0, 0.1) is 11.7 Å². The molecule has 0 unspecified atom stereocenters. The van der Waals surface area contributed by atoms with Crippen molar-refractivity contribution in [2.24, 2.45) is 5.92 Å². The molecule has 0 bridgehead atoms. The van der Waals surface area contributed by atoms with Gasteiger partial charge in [-0.15, -0.1) is 11.3 Å². The van der Waals surface area contributed by atoms with Gasteiger partial charge in [0.05, 0.1) is 30.3 Å². The maximum atomic E-state index is 13.9. The average Bonchev–Trinajstić information content (AvgIpc) is 3.70. The summed E-state index contributed by atoms with van der Waals surface area (Å²) >= 11 is 1.39. The van der Waals surface area contributed by atoms with Gasteiger partial charge in [0.15, 0.2) is 11.9 Å². The van der Waals surface area contributed by atoms with Crippen molar-refractivity contribution in [3.8, 4) is 5.75 Å². The lowest BCUT2D eigenvalue weighted by Gasteiger charge is -2.29. The molecule has 236 valence electrons. The van der Waals surface area contributed by atoms with Crippen LogP contribution >= 0.6 is 11.3 Å². The number of carbonyl (C=O) groups is 2. The molecule has 0 saturated carbocycles. The van der Waals surface area contributed by atoms with Gasteiger partial charge in [0, 0.05) is 30.5 Å². The molecule has 1 aliphatic rings. The number of rotatable bonds is 14. The predicted molar refractivity (Wildman–Crippen MR) is 168 cm³/mol. The highest BCUT2D eigenvalue weighted by atomic mass is 32.2. The first-order valence-corrected chi connectivity index (χ1v) is 16.6. The lowest BCUT2D eigenvalue weighted by molar-refractivity contribution is -0.127. The Labute approximate surface area is 265 Å². The van der Waals surface area contributed by atoms with Crippen LogP contribution in [0.2, 0.25) is 0 Å². The number of nitrogens with zero attached hydrogens (tertiary/aromatic N) is 2. The standard InChI is InChI=1S/C33H33FN2O7S2/c1-42-27-12-6-14-29(19-27)45(40,41)35(20-28-13-7-15-44-28)21-31(38)24(16-23-8-3-2-4-9-23)17-30(37)32-22-36(33(39)43-32)26-11-5-10-25(34)18-26/h2-15,18-19,24,31-32,38H,16-17,20-22H2,1H3/t24-,31-,32+/m1/s1. The molecule has 1 saturated heterocycles. The summed E-state index contributed by atoms with van der Waals surface area (Å²) in [5, 5.41) is 13.5. The van der Waals surface area contributed by atoms with E-state index in [9.17, 15) is 27.5 Å². The van der Waals surface area contributed by atoms with Gasteiger partial charge in [-0.05, 0) is 59.7 Å². The Balaban J connectivity index is 1.38. The largest absolute Gasteiger partial charge is 0.497 e. The molecule has 0 spiro atoms. The maximum absolute atomic E-state index is 13.9. The molecule has 1 amide bonds. The SMILES string of the molecule is COc1cccc(S(=O)(=O)N(Cc2cccs2)C[C@@H](O)[C@@H](CC(=O)[C@@H]2CN(c3cccc(F)c3)C(=O)O2)Cc2ccccc2)c1. The van der Waals surface area contributed by atoms with Gasteiger partial charge in [-0.25, -0.2) is 17.6 Å². The number of cyclic esters (lactones) is 1. The molecule has 5 rings (SSSR count). The number of hydrogen-bond acceptors (Lipinski definition) is 8. The Bertz CT molecular complexity index is 1720. The third-order valence-corrected chi connectivity index (χ3v) is 10.3. The number of hydrogen-bond donors (Lipinski definition) is 1. The van der Waals surface area contributed by atoms with E-state index in [0.29, 0.717) is 5.75 Å². The first-order valence-electron chi connectivity index (χ1n) is 14.3. The number of Topliss-reactive ketones (excluding diaryl/α,β-unsaturated/α-hetero) is 1. The van der Waals surface area contributed by atoms with Crippen molar-refractivity contribution in [2.75, 3.05) is 25.1 Å². The Morgan fingerprint density at radius 1 is 1.09 bits per heavy atom. The first kappa shape index (κ1) is 32.3. The number of benzene rings is 3. The zero-order valence-corrected chi connectivity index (χ0v) is 26.1. The fourth-order valence-corrected chi connectivity index (χ4v) is 7.50. The molecule has 45 heavy (non-hydrogen) atoms. The third-order valence-electron chi connectivity index (χ3n) is 7.62. The molecule has 0 aliphatic carbocycles. The van der Waals surface area contributed by atoms with E-state index in [1.165, 1.54) is 58.0 Å². The summed E-state index contributed by atoms with van der Waals surface area (Å²) in [6.07, 6.45) is -3.07. The van der Waals surface area contributed by atoms with Crippen molar-refractivity contribution in [2.45, 2.75) is 36.5 Å². The zero-order valence-electron chi connectivity index (χ0n) is 24.5. The topological polar surface area (TPSA) is 113 Å². The minimum absolute atomic E-state index is 0.0107. The summed E-state index contributed by atoms with van der Waals surface area (Å²) in [5.41, 5.74) is 1.11. The smallest absolute Gasteiger partial charge is 0.415 e. The van der Waals surface area contributed by atoms with Crippen molar-refractivity contribution in [3.63, 3.8) is 0 Å². The van der Waals surface area contributed by atoms with E-state index >= 15 is 0 Å². The number of anilines is 1. The van der Waals surface area contributed by atoms with Crippen molar-refractivity contribution >= 4 is 38.9 Å². The predicted octanol–water partition coefficient (Wildman–Crippen LogP) is 5.29. The number of ether oxygens (including phenoxy) is 2. The van der Waals surface area contributed by atoms with Crippen molar-refractivity contribution in [1.29, 1.82) is 0 Å². The molecule has 3 aromatic carbocycles. The Kier molecular flexibility index (Phi) is 10.3. The molecule has 3 atom stereocenters. The van der Waals surface area contributed by atoms with E-state index < -0.39 is 45.8 Å². The van der Waals surface area contributed by atoms with Crippen LogP contribution in [0.15, 0.2) is 101 Å². The number of aliphatic hydroxyl groups excluding tert-OH is 1. The van der Waals surface area contributed by atoms with Gasteiger partial charge >= 0.3 is 6.09 Å². The Hall–Kier alpha value is -4.10. The van der Waals surface area contributed by atoms with Crippen LogP contribution < -0.4 is 9.64 Å². The number of amides is 1. The normalized spacial score (nSPS) is 16.4. The van der Waals surface area contributed by atoms with Crippen molar-refractivity contribution in [1.82, 2.24) is 4.31 Å². The van der Waals surface area contributed by atoms with Gasteiger partial charge in [0.25, 0.3) is 0 Å². The van der Waals surface area contributed by atoms with E-state index in [4.69, 9.17) is 9.47 Å². The molecule has 2 heterocycles. The molecule has 1 fully saturated rings. The lowest BCUT2D eigenvalue weighted by atomic mass is 9.88. The van der Waals surface area contributed by atoms with E-state index in [1.807, 2.05) is 47.8 Å². The van der Waals surface area contributed by atoms with Crippen LogP contribution in [0.3, 0.4) is 0 Å². The van der Waals surface area contributed by atoms with Gasteiger partial charge in [0.2, 0.25) is 10.0 Å². The van der Waals surface area contributed by atoms with Gasteiger partial charge in [0.1, 0.15) is 11.6 Å². The molecular formula is C33H33FN2O7S2. The number of carbonyl (C=O) groups excluding carboxylic acids is 2. The van der Waals surface area contributed by atoms with Crippen LogP contribution in [-0.4, -0.2) is 62.1 Å².